The van der Waals surface area contributed by atoms with E-state index < -0.39 is 0 Å². The fourth-order valence-electron chi connectivity index (χ4n) is 3.42. The Morgan fingerprint density at radius 3 is 2.34 bits per heavy atom. The van der Waals surface area contributed by atoms with Gasteiger partial charge in [-0.1, -0.05) is 54.1 Å². The minimum Gasteiger partial charge on any atom is -0.358 e. The lowest BCUT2D eigenvalue weighted by molar-refractivity contribution is 0.0985. The van der Waals surface area contributed by atoms with Gasteiger partial charge in [-0.05, 0) is 43.3 Å². The lowest BCUT2D eigenvalue weighted by Gasteiger charge is -2.24. The van der Waals surface area contributed by atoms with Crippen LogP contribution < -0.4 is 10.3 Å². The van der Waals surface area contributed by atoms with Gasteiger partial charge in [0.15, 0.2) is 5.43 Å². The van der Waals surface area contributed by atoms with Crippen LogP contribution in [-0.2, 0) is 6.54 Å². The van der Waals surface area contributed by atoms with E-state index >= 15 is 0 Å². The van der Waals surface area contributed by atoms with Crippen LogP contribution in [0.2, 0.25) is 5.02 Å². The van der Waals surface area contributed by atoms with E-state index in [1.54, 1.807) is 35.2 Å². The van der Waals surface area contributed by atoms with Crippen LogP contribution in [0.5, 0.6) is 0 Å². The Kier molecular flexibility index (Phi) is 5.19. The van der Waals surface area contributed by atoms with Crippen molar-refractivity contribution in [2.24, 2.45) is 0 Å². The van der Waals surface area contributed by atoms with E-state index in [1.807, 2.05) is 55.5 Å². The number of aromatic amines is 1. The van der Waals surface area contributed by atoms with E-state index in [0.29, 0.717) is 27.2 Å². The third-order valence-corrected chi connectivity index (χ3v) is 5.28. The summed E-state index contributed by atoms with van der Waals surface area (Å²) in [7, 11) is 0. The fourth-order valence-corrected chi connectivity index (χ4v) is 3.63. The summed E-state index contributed by atoms with van der Waals surface area (Å²) in [6, 6.07) is 23.6. The SMILES string of the molecule is Cc1[nH]c2ccccc2c(=O)c1CN(C(=O)c1ccccc1Cl)c1ccccc1. The van der Waals surface area contributed by atoms with E-state index in [-0.39, 0.29) is 17.9 Å². The molecule has 0 aliphatic rings. The maximum Gasteiger partial charge on any atom is 0.260 e. The molecule has 0 radical (unpaired) electrons. The molecule has 1 amide bonds. The van der Waals surface area contributed by atoms with Gasteiger partial charge in [-0.15, -0.1) is 0 Å². The number of pyridine rings is 1. The van der Waals surface area contributed by atoms with Crippen molar-refractivity contribution in [2.45, 2.75) is 13.5 Å². The number of aryl methyl sites for hydroxylation is 1. The van der Waals surface area contributed by atoms with Crippen molar-refractivity contribution in [3.05, 3.63) is 111 Å². The number of nitrogens with one attached hydrogen (secondary N) is 1. The smallest absolute Gasteiger partial charge is 0.260 e. The van der Waals surface area contributed by atoms with Crippen LogP contribution in [0.1, 0.15) is 21.6 Å². The zero-order valence-electron chi connectivity index (χ0n) is 15.9. The molecule has 0 aliphatic carbocycles. The Morgan fingerprint density at radius 2 is 1.59 bits per heavy atom. The predicted molar refractivity (Wildman–Crippen MR) is 118 cm³/mol. The van der Waals surface area contributed by atoms with Crippen molar-refractivity contribution in [3.8, 4) is 0 Å². The first-order valence-electron chi connectivity index (χ1n) is 9.28. The van der Waals surface area contributed by atoms with Crippen molar-refractivity contribution in [1.82, 2.24) is 4.98 Å². The van der Waals surface area contributed by atoms with Crippen LogP contribution in [0.4, 0.5) is 5.69 Å². The normalized spacial score (nSPS) is 10.8. The molecule has 4 nitrogen and oxygen atoms in total. The highest BCUT2D eigenvalue weighted by molar-refractivity contribution is 6.34. The minimum atomic E-state index is -0.256. The number of nitrogens with zero attached hydrogens (tertiary/aromatic N) is 1. The standard InChI is InChI=1S/C24H19ClN2O2/c1-16-20(23(28)19-12-6-8-14-22(19)26-16)15-27(17-9-3-2-4-10-17)24(29)18-11-5-7-13-21(18)25/h2-14H,15H2,1H3,(H,26,28). The van der Waals surface area contributed by atoms with Crippen molar-refractivity contribution in [1.29, 1.82) is 0 Å². The summed E-state index contributed by atoms with van der Waals surface area (Å²) in [4.78, 5) is 31.4. The average Bonchev–Trinajstić information content (AvgIpc) is 2.74. The summed E-state index contributed by atoms with van der Waals surface area (Å²) in [6.45, 7) is 1.99. The third kappa shape index (κ3) is 3.67. The van der Waals surface area contributed by atoms with Crippen LogP contribution >= 0.6 is 11.6 Å². The number of carbonyl (C=O) groups excluding carboxylic acids is 1. The first-order chi connectivity index (χ1) is 14.1. The Balaban J connectivity index is 1.84. The number of hydrogen-bond acceptors (Lipinski definition) is 2. The molecule has 29 heavy (non-hydrogen) atoms. The quantitative estimate of drug-likeness (QED) is 0.501. The van der Waals surface area contributed by atoms with E-state index in [4.69, 9.17) is 11.6 Å². The number of carbonyl (C=O) groups is 1. The summed E-state index contributed by atoms with van der Waals surface area (Å²) >= 11 is 6.28. The molecule has 0 unspecified atom stereocenters. The summed E-state index contributed by atoms with van der Waals surface area (Å²) in [6.07, 6.45) is 0. The highest BCUT2D eigenvalue weighted by atomic mass is 35.5. The molecular weight excluding hydrogens is 384 g/mol. The first-order valence-corrected chi connectivity index (χ1v) is 9.66. The van der Waals surface area contributed by atoms with Crippen molar-refractivity contribution >= 4 is 34.1 Å². The van der Waals surface area contributed by atoms with Gasteiger partial charge in [0, 0.05) is 27.8 Å². The maximum atomic E-state index is 13.4. The Bertz CT molecular complexity index is 1250. The summed E-state index contributed by atoms with van der Waals surface area (Å²) in [5.74, 6) is -0.256. The molecule has 0 fully saturated rings. The molecule has 4 rings (SSSR count). The number of amides is 1. The molecule has 1 aromatic heterocycles. The first kappa shape index (κ1) is 19.0. The molecule has 144 valence electrons. The summed E-state index contributed by atoms with van der Waals surface area (Å²) in [5.41, 5.74) is 3.08. The number of benzene rings is 3. The molecule has 1 heterocycles. The van der Waals surface area contributed by atoms with Gasteiger partial charge in [0.1, 0.15) is 0 Å². The molecule has 3 aromatic carbocycles. The Morgan fingerprint density at radius 1 is 0.931 bits per heavy atom. The molecule has 0 bridgehead atoms. The van der Waals surface area contributed by atoms with Gasteiger partial charge in [-0.25, -0.2) is 0 Å². The fraction of sp³-hybridized carbons (Fsp3) is 0.0833. The largest absolute Gasteiger partial charge is 0.358 e. The lowest BCUT2D eigenvalue weighted by atomic mass is 10.1. The number of hydrogen-bond donors (Lipinski definition) is 1. The summed E-state index contributed by atoms with van der Waals surface area (Å²) < 4.78 is 0. The zero-order chi connectivity index (χ0) is 20.4. The zero-order valence-corrected chi connectivity index (χ0v) is 16.6. The number of H-pyrrole nitrogens is 1. The van der Waals surface area contributed by atoms with E-state index in [1.165, 1.54) is 0 Å². The molecule has 1 N–H and O–H groups in total. The number of anilines is 1. The second-order valence-corrected chi connectivity index (χ2v) is 7.22. The number of halogens is 1. The van der Waals surface area contributed by atoms with Crippen molar-refractivity contribution in [3.63, 3.8) is 0 Å². The van der Waals surface area contributed by atoms with Crippen LogP contribution in [0.3, 0.4) is 0 Å². The van der Waals surface area contributed by atoms with E-state index in [9.17, 15) is 9.59 Å². The molecule has 0 atom stereocenters. The lowest BCUT2D eigenvalue weighted by Crippen LogP contribution is -2.33. The molecule has 0 saturated heterocycles. The maximum absolute atomic E-state index is 13.4. The number of aromatic nitrogens is 1. The van der Waals surface area contributed by atoms with E-state index in [2.05, 4.69) is 4.98 Å². The number of rotatable bonds is 4. The highest BCUT2D eigenvalue weighted by Crippen LogP contribution is 2.24. The number of para-hydroxylation sites is 2. The van der Waals surface area contributed by atoms with Crippen molar-refractivity contribution in [2.75, 3.05) is 4.90 Å². The molecule has 0 spiro atoms. The summed E-state index contributed by atoms with van der Waals surface area (Å²) in [5, 5.41) is 0.980. The van der Waals surface area contributed by atoms with Gasteiger partial charge >= 0.3 is 0 Å². The third-order valence-electron chi connectivity index (χ3n) is 4.95. The van der Waals surface area contributed by atoms with Gasteiger partial charge in [0.25, 0.3) is 5.91 Å². The van der Waals surface area contributed by atoms with Gasteiger partial charge < -0.3 is 9.88 Å². The average molecular weight is 403 g/mol. The second kappa shape index (κ2) is 7.94. The predicted octanol–water partition coefficient (Wildman–Crippen LogP) is 5.34. The molecule has 0 saturated carbocycles. The molecule has 0 aliphatic heterocycles. The second-order valence-electron chi connectivity index (χ2n) is 6.81. The number of fused-ring (bicyclic) bond motifs is 1. The Labute approximate surface area is 173 Å². The van der Waals surface area contributed by atoms with Crippen LogP contribution in [-0.4, -0.2) is 10.9 Å². The minimum absolute atomic E-state index is 0.0789. The van der Waals surface area contributed by atoms with Gasteiger partial charge in [-0.2, -0.15) is 0 Å². The van der Waals surface area contributed by atoms with Crippen molar-refractivity contribution < 1.29 is 4.79 Å². The van der Waals surface area contributed by atoms with Crippen LogP contribution in [0.25, 0.3) is 10.9 Å². The van der Waals surface area contributed by atoms with Crippen LogP contribution in [0, 0.1) is 6.92 Å². The molecule has 4 aromatic rings. The monoisotopic (exact) mass is 402 g/mol. The topological polar surface area (TPSA) is 53.2 Å². The van der Waals surface area contributed by atoms with Crippen LogP contribution in [0.15, 0.2) is 83.7 Å². The molecule has 5 heteroatoms. The van der Waals surface area contributed by atoms with E-state index in [0.717, 1.165) is 11.2 Å². The Hall–Kier alpha value is -3.37. The van der Waals surface area contributed by atoms with Gasteiger partial charge in [0.05, 0.1) is 17.1 Å². The molecular formula is C24H19ClN2O2. The van der Waals surface area contributed by atoms with Gasteiger partial charge in [-0.3, -0.25) is 9.59 Å². The van der Waals surface area contributed by atoms with Gasteiger partial charge in [0.2, 0.25) is 0 Å². The highest BCUT2D eigenvalue weighted by Gasteiger charge is 2.22.